The van der Waals surface area contributed by atoms with E-state index in [9.17, 15) is 19.7 Å². The molecule has 10 heteroatoms. The summed E-state index contributed by atoms with van der Waals surface area (Å²) in [6, 6.07) is 4.07. The maximum absolute atomic E-state index is 12.2. The molecule has 0 saturated heterocycles. The van der Waals surface area contributed by atoms with Crippen molar-refractivity contribution in [3.8, 4) is 11.5 Å². The number of primary amides is 1. The van der Waals surface area contributed by atoms with E-state index in [1.165, 1.54) is 36.6 Å². The first-order valence-electron chi connectivity index (χ1n) is 8.10. The van der Waals surface area contributed by atoms with E-state index in [2.05, 4.69) is 5.32 Å². The highest BCUT2D eigenvalue weighted by molar-refractivity contribution is 7.17. The average molecular weight is 391 g/mol. The number of nitrogens with zero attached hydrogens (tertiary/aromatic N) is 1. The van der Waals surface area contributed by atoms with Crippen LogP contribution in [0.3, 0.4) is 0 Å². The molecule has 0 radical (unpaired) electrons. The molecule has 0 bridgehead atoms. The summed E-state index contributed by atoms with van der Waals surface area (Å²) in [6.45, 7) is -0.450. The Morgan fingerprint density at radius 3 is 2.81 bits per heavy atom. The molecule has 2 amide bonds. The normalized spacial score (nSPS) is 12.3. The molecular weight excluding hydrogens is 374 g/mol. The van der Waals surface area contributed by atoms with Gasteiger partial charge in [0.1, 0.15) is 10.8 Å². The van der Waals surface area contributed by atoms with E-state index in [-0.39, 0.29) is 11.4 Å². The summed E-state index contributed by atoms with van der Waals surface area (Å²) in [5.41, 5.74) is 6.38. The van der Waals surface area contributed by atoms with Crippen LogP contribution in [0.25, 0.3) is 0 Å². The molecule has 0 fully saturated rings. The van der Waals surface area contributed by atoms with Crippen molar-refractivity contribution in [1.29, 1.82) is 0 Å². The van der Waals surface area contributed by atoms with Crippen molar-refractivity contribution >= 4 is 33.8 Å². The number of anilines is 1. The fourth-order valence-corrected chi connectivity index (χ4v) is 4.26. The first-order chi connectivity index (χ1) is 12.9. The number of carbonyl (C=O) groups excluding carboxylic acids is 2. The number of hydrogen-bond acceptors (Lipinski definition) is 7. The Kier molecular flexibility index (Phi) is 5.26. The molecule has 3 N–H and O–H groups in total. The minimum Gasteiger partial charge on any atom is -0.496 e. The van der Waals surface area contributed by atoms with Crippen LogP contribution < -0.4 is 20.5 Å². The predicted molar refractivity (Wildman–Crippen MR) is 98.6 cm³/mol. The van der Waals surface area contributed by atoms with Crippen LogP contribution in [-0.4, -0.2) is 30.5 Å². The van der Waals surface area contributed by atoms with E-state index < -0.39 is 23.3 Å². The first kappa shape index (κ1) is 18.6. The van der Waals surface area contributed by atoms with Crippen LogP contribution in [0.1, 0.15) is 27.2 Å². The second kappa shape index (κ2) is 7.62. The molecule has 1 aliphatic carbocycles. The zero-order valence-corrected chi connectivity index (χ0v) is 15.3. The van der Waals surface area contributed by atoms with Crippen molar-refractivity contribution in [2.45, 2.75) is 19.3 Å². The minimum atomic E-state index is -0.620. The van der Waals surface area contributed by atoms with E-state index in [1.807, 2.05) is 0 Å². The molecule has 9 nitrogen and oxygen atoms in total. The number of hydrogen-bond donors (Lipinski definition) is 2. The predicted octanol–water partition coefficient (Wildman–Crippen LogP) is 2.27. The summed E-state index contributed by atoms with van der Waals surface area (Å²) >= 11 is 1.33. The fraction of sp³-hybridized carbons (Fsp3) is 0.294. The van der Waals surface area contributed by atoms with Gasteiger partial charge in [0.05, 0.1) is 23.7 Å². The number of methoxy groups -OCH3 is 1. The van der Waals surface area contributed by atoms with Crippen LogP contribution >= 0.6 is 11.3 Å². The van der Waals surface area contributed by atoms with E-state index in [1.54, 1.807) is 0 Å². The third kappa shape index (κ3) is 3.85. The number of benzene rings is 1. The number of aryl methyl sites for hydroxylation is 1. The highest BCUT2D eigenvalue weighted by Crippen LogP contribution is 2.39. The third-order valence-electron chi connectivity index (χ3n) is 4.14. The minimum absolute atomic E-state index is 0.0558. The standard InChI is InChI=1S/C17H17N3O6S/c1-25-9-5-6-12(11(7-9)20(23)24)26-8-14(21)19-17-15(16(18)22)10-3-2-4-13(10)27-17/h5-7H,2-4,8H2,1H3,(H2,18,22)(H,19,21). The number of amides is 2. The van der Waals surface area contributed by atoms with Gasteiger partial charge in [-0.2, -0.15) is 0 Å². The van der Waals surface area contributed by atoms with Crippen LogP contribution in [0, 0.1) is 10.1 Å². The zero-order chi connectivity index (χ0) is 19.6. The van der Waals surface area contributed by atoms with Crippen LogP contribution in [-0.2, 0) is 17.6 Å². The number of nitro groups is 1. The summed E-state index contributed by atoms with van der Waals surface area (Å²) < 4.78 is 10.2. The lowest BCUT2D eigenvalue weighted by molar-refractivity contribution is -0.385. The third-order valence-corrected chi connectivity index (χ3v) is 5.35. The number of ether oxygens (including phenoxy) is 2. The number of rotatable bonds is 7. The highest BCUT2D eigenvalue weighted by Gasteiger charge is 2.26. The van der Waals surface area contributed by atoms with Gasteiger partial charge in [0, 0.05) is 4.88 Å². The molecule has 2 aromatic rings. The first-order valence-corrected chi connectivity index (χ1v) is 8.91. The summed E-state index contributed by atoms with van der Waals surface area (Å²) in [7, 11) is 1.39. The molecule has 1 aromatic heterocycles. The largest absolute Gasteiger partial charge is 0.496 e. The topological polar surface area (TPSA) is 134 Å². The molecular formula is C17H17N3O6S. The SMILES string of the molecule is COc1ccc(OCC(=O)Nc2sc3c(c2C(N)=O)CCC3)c([N+](=O)[O-])c1. The average Bonchev–Trinajstić information content (AvgIpc) is 3.19. The van der Waals surface area contributed by atoms with Gasteiger partial charge in [0.15, 0.2) is 12.4 Å². The molecule has 1 aromatic carbocycles. The van der Waals surface area contributed by atoms with Crippen molar-refractivity contribution in [3.05, 3.63) is 44.3 Å². The van der Waals surface area contributed by atoms with Gasteiger partial charge in [-0.3, -0.25) is 19.7 Å². The van der Waals surface area contributed by atoms with E-state index >= 15 is 0 Å². The maximum Gasteiger partial charge on any atom is 0.314 e. The van der Waals surface area contributed by atoms with Gasteiger partial charge in [0.2, 0.25) is 0 Å². The molecule has 0 aliphatic heterocycles. The van der Waals surface area contributed by atoms with Gasteiger partial charge >= 0.3 is 5.69 Å². The lowest BCUT2D eigenvalue weighted by atomic mass is 10.1. The van der Waals surface area contributed by atoms with Crippen LogP contribution in [0.2, 0.25) is 0 Å². The van der Waals surface area contributed by atoms with Crippen molar-refractivity contribution in [2.24, 2.45) is 5.73 Å². The Bertz CT molecular complexity index is 924. The molecule has 0 unspecified atom stereocenters. The second-order valence-electron chi connectivity index (χ2n) is 5.85. The van der Waals surface area contributed by atoms with Gasteiger partial charge in [0.25, 0.3) is 11.8 Å². The van der Waals surface area contributed by atoms with E-state index in [0.717, 1.165) is 29.7 Å². The number of carbonyl (C=O) groups is 2. The van der Waals surface area contributed by atoms with Crippen LogP contribution in [0.15, 0.2) is 18.2 Å². The van der Waals surface area contributed by atoms with Crippen molar-refractivity contribution in [3.63, 3.8) is 0 Å². The fourth-order valence-electron chi connectivity index (χ4n) is 2.95. The quantitative estimate of drug-likeness (QED) is 0.549. The van der Waals surface area contributed by atoms with Gasteiger partial charge < -0.3 is 20.5 Å². The van der Waals surface area contributed by atoms with Crippen molar-refractivity contribution < 1.29 is 24.0 Å². The summed E-state index contributed by atoms with van der Waals surface area (Å²) in [5, 5.41) is 14.2. The monoisotopic (exact) mass is 391 g/mol. The zero-order valence-electron chi connectivity index (χ0n) is 14.4. The van der Waals surface area contributed by atoms with Gasteiger partial charge in [-0.15, -0.1) is 11.3 Å². The molecule has 3 rings (SSSR count). The summed E-state index contributed by atoms with van der Waals surface area (Å²) in [5.74, 6) is -0.878. The van der Waals surface area contributed by atoms with Crippen LogP contribution in [0.5, 0.6) is 11.5 Å². The molecule has 1 aliphatic rings. The van der Waals surface area contributed by atoms with E-state index in [0.29, 0.717) is 16.3 Å². The molecule has 27 heavy (non-hydrogen) atoms. The smallest absolute Gasteiger partial charge is 0.314 e. The van der Waals surface area contributed by atoms with E-state index in [4.69, 9.17) is 15.2 Å². The summed E-state index contributed by atoms with van der Waals surface area (Å²) in [6.07, 6.45) is 2.57. The highest BCUT2D eigenvalue weighted by atomic mass is 32.1. The summed E-state index contributed by atoms with van der Waals surface area (Å²) in [4.78, 5) is 35.5. The Labute approximate surface area is 158 Å². The van der Waals surface area contributed by atoms with Gasteiger partial charge in [-0.25, -0.2) is 0 Å². The lowest BCUT2D eigenvalue weighted by Crippen LogP contribution is -2.22. The lowest BCUT2D eigenvalue weighted by Gasteiger charge is -2.09. The Morgan fingerprint density at radius 1 is 1.37 bits per heavy atom. The Balaban J connectivity index is 1.71. The Morgan fingerprint density at radius 2 is 2.15 bits per heavy atom. The number of fused-ring (bicyclic) bond motifs is 1. The van der Waals surface area contributed by atoms with Gasteiger partial charge in [-0.1, -0.05) is 0 Å². The Hall–Kier alpha value is -3.14. The van der Waals surface area contributed by atoms with Crippen molar-refractivity contribution in [1.82, 2.24) is 0 Å². The number of nitrogens with one attached hydrogen (secondary N) is 1. The number of nitrogens with two attached hydrogens (primary N) is 1. The molecule has 0 spiro atoms. The molecule has 1 heterocycles. The second-order valence-corrected chi connectivity index (χ2v) is 6.96. The van der Waals surface area contributed by atoms with Crippen LogP contribution in [0.4, 0.5) is 10.7 Å². The van der Waals surface area contributed by atoms with Gasteiger partial charge in [-0.05, 0) is 37.0 Å². The maximum atomic E-state index is 12.2. The molecule has 142 valence electrons. The number of nitro benzene ring substituents is 1. The molecule has 0 atom stereocenters. The van der Waals surface area contributed by atoms with Crippen molar-refractivity contribution in [2.75, 3.05) is 19.0 Å². The number of thiophene rings is 1. The molecule has 0 saturated carbocycles.